The van der Waals surface area contributed by atoms with E-state index in [0.717, 1.165) is 50.9 Å². The number of rotatable bonds is 4. The monoisotopic (exact) mass is 346 g/mol. The van der Waals surface area contributed by atoms with Crippen molar-refractivity contribution in [2.24, 2.45) is 0 Å². The number of hydrogen-bond acceptors (Lipinski definition) is 4. The van der Waals surface area contributed by atoms with Crippen molar-refractivity contribution in [3.05, 3.63) is 18.3 Å². The molecule has 1 saturated carbocycles. The van der Waals surface area contributed by atoms with E-state index in [-0.39, 0.29) is 6.03 Å². The molecule has 1 aliphatic carbocycles. The van der Waals surface area contributed by atoms with E-state index in [9.17, 15) is 4.79 Å². The highest BCUT2D eigenvalue weighted by Crippen LogP contribution is 2.23. The molecule has 0 bridgehead atoms. The molecule has 6 heteroatoms. The first-order valence-corrected chi connectivity index (χ1v) is 9.47. The van der Waals surface area contributed by atoms with Gasteiger partial charge in [-0.05, 0) is 65.1 Å². The molecule has 0 aromatic carbocycles. The van der Waals surface area contributed by atoms with Gasteiger partial charge in [-0.3, -0.25) is 0 Å². The Morgan fingerprint density at radius 2 is 1.96 bits per heavy atom. The zero-order valence-electron chi connectivity index (χ0n) is 15.4. The van der Waals surface area contributed by atoms with E-state index in [1.54, 1.807) is 6.20 Å². The average Bonchev–Trinajstić information content (AvgIpc) is 2.97. The fraction of sp³-hybridized carbons (Fsp3) is 0.684. The summed E-state index contributed by atoms with van der Waals surface area (Å²) in [6.07, 6.45) is 9.90. The number of pyridine rings is 1. The van der Waals surface area contributed by atoms with Gasteiger partial charge in [0.1, 0.15) is 6.10 Å². The molecule has 2 amide bonds. The summed E-state index contributed by atoms with van der Waals surface area (Å²) < 4.78 is 5.86. The third-order valence-electron chi connectivity index (χ3n) is 5.29. The number of aromatic nitrogens is 1. The number of ether oxygens (including phenoxy) is 1. The molecule has 1 saturated heterocycles. The lowest BCUT2D eigenvalue weighted by molar-refractivity contribution is 0.201. The lowest BCUT2D eigenvalue weighted by atomic mass is 10.1. The van der Waals surface area contributed by atoms with Crippen molar-refractivity contribution < 1.29 is 9.53 Å². The molecule has 0 radical (unpaired) electrons. The molecule has 0 spiro atoms. The summed E-state index contributed by atoms with van der Waals surface area (Å²) in [5, 5.41) is 2.96. The Labute approximate surface area is 150 Å². The van der Waals surface area contributed by atoms with Gasteiger partial charge in [0.05, 0.1) is 11.9 Å². The lowest BCUT2D eigenvalue weighted by Gasteiger charge is -2.23. The van der Waals surface area contributed by atoms with Crippen LogP contribution in [0.15, 0.2) is 18.3 Å². The predicted molar refractivity (Wildman–Crippen MR) is 99.0 cm³/mol. The average molecular weight is 346 g/mol. The number of hydrogen-bond donors (Lipinski definition) is 1. The van der Waals surface area contributed by atoms with Gasteiger partial charge in [0, 0.05) is 25.2 Å². The van der Waals surface area contributed by atoms with Gasteiger partial charge in [0.2, 0.25) is 5.88 Å². The summed E-state index contributed by atoms with van der Waals surface area (Å²) in [6.45, 7) is 1.61. The van der Waals surface area contributed by atoms with E-state index in [1.165, 1.54) is 12.8 Å². The molecule has 1 N–H and O–H groups in total. The first-order valence-electron chi connectivity index (χ1n) is 9.47. The Morgan fingerprint density at radius 1 is 1.16 bits per heavy atom. The molecule has 3 rings (SSSR count). The Balaban J connectivity index is 1.50. The zero-order valence-corrected chi connectivity index (χ0v) is 15.4. The molecule has 1 aliphatic heterocycles. The topological polar surface area (TPSA) is 57.7 Å². The summed E-state index contributed by atoms with van der Waals surface area (Å²) in [4.78, 5) is 21.0. The van der Waals surface area contributed by atoms with Gasteiger partial charge in [-0.25, -0.2) is 9.78 Å². The van der Waals surface area contributed by atoms with Crippen molar-refractivity contribution in [1.82, 2.24) is 14.8 Å². The Kier molecular flexibility index (Phi) is 6.13. The third kappa shape index (κ3) is 5.08. The number of urea groups is 1. The first-order chi connectivity index (χ1) is 12.1. The van der Waals surface area contributed by atoms with Crippen LogP contribution in [0.5, 0.6) is 5.88 Å². The van der Waals surface area contributed by atoms with Gasteiger partial charge < -0.3 is 19.9 Å². The normalized spacial score (nSPS) is 22.0. The van der Waals surface area contributed by atoms with Crippen LogP contribution in [0.2, 0.25) is 0 Å². The second-order valence-electron chi connectivity index (χ2n) is 7.37. The van der Waals surface area contributed by atoms with Gasteiger partial charge >= 0.3 is 6.03 Å². The number of carbonyl (C=O) groups is 1. The van der Waals surface area contributed by atoms with Crippen LogP contribution in [0.1, 0.15) is 44.9 Å². The zero-order chi connectivity index (χ0) is 17.6. The van der Waals surface area contributed by atoms with E-state index in [4.69, 9.17) is 4.74 Å². The summed E-state index contributed by atoms with van der Waals surface area (Å²) >= 11 is 0. The van der Waals surface area contributed by atoms with Crippen LogP contribution in [-0.4, -0.2) is 60.1 Å². The predicted octanol–water partition coefficient (Wildman–Crippen LogP) is 3.35. The Bertz CT molecular complexity index is 555. The number of nitrogens with zero attached hydrogens (tertiary/aromatic N) is 3. The van der Waals surface area contributed by atoms with E-state index >= 15 is 0 Å². The van der Waals surface area contributed by atoms with Crippen molar-refractivity contribution in [1.29, 1.82) is 0 Å². The molecule has 2 fully saturated rings. The van der Waals surface area contributed by atoms with E-state index in [0.29, 0.717) is 18.0 Å². The molecule has 1 aromatic heterocycles. The minimum atomic E-state index is -0.0364. The number of likely N-dealkylation sites (tertiary alicyclic amines) is 1. The van der Waals surface area contributed by atoms with Crippen LogP contribution in [0, 0.1) is 0 Å². The van der Waals surface area contributed by atoms with Crippen LogP contribution in [0.4, 0.5) is 10.5 Å². The molecule has 138 valence electrons. The highest BCUT2D eigenvalue weighted by Gasteiger charge is 2.22. The summed E-state index contributed by atoms with van der Waals surface area (Å²) in [5.74, 6) is 0.647. The molecule has 1 atom stereocenters. The molecular weight excluding hydrogens is 316 g/mol. The molecule has 25 heavy (non-hydrogen) atoms. The molecular formula is C19H30N4O2. The van der Waals surface area contributed by atoms with Crippen molar-refractivity contribution in [3.63, 3.8) is 0 Å². The second kappa shape index (κ2) is 8.52. The third-order valence-corrected chi connectivity index (χ3v) is 5.29. The Hall–Kier alpha value is -1.82. The number of anilines is 1. The highest BCUT2D eigenvalue weighted by molar-refractivity contribution is 5.89. The smallest absolute Gasteiger partial charge is 0.321 e. The van der Waals surface area contributed by atoms with Crippen molar-refractivity contribution in [3.8, 4) is 5.88 Å². The largest absolute Gasteiger partial charge is 0.474 e. The minimum absolute atomic E-state index is 0.0364. The maximum atomic E-state index is 12.5. The fourth-order valence-electron chi connectivity index (χ4n) is 3.70. The number of carbonyl (C=O) groups excluding carboxylic acids is 1. The fourth-order valence-corrected chi connectivity index (χ4v) is 3.70. The maximum absolute atomic E-state index is 12.5. The van der Waals surface area contributed by atoms with Crippen molar-refractivity contribution >= 4 is 11.7 Å². The second-order valence-corrected chi connectivity index (χ2v) is 7.37. The van der Waals surface area contributed by atoms with Gasteiger partial charge in [-0.2, -0.15) is 0 Å². The number of nitrogens with one attached hydrogen (secondary N) is 1. The summed E-state index contributed by atoms with van der Waals surface area (Å²) in [7, 11) is 4.22. The Morgan fingerprint density at radius 3 is 2.64 bits per heavy atom. The summed E-state index contributed by atoms with van der Waals surface area (Å²) in [5.41, 5.74) is 0.720. The van der Waals surface area contributed by atoms with Crippen LogP contribution in [0.3, 0.4) is 0 Å². The van der Waals surface area contributed by atoms with Gasteiger partial charge in [0.15, 0.2) is 0 Å². The lowest BCUT2D eigenvalue weighted by Crippen LogP contribution is -2.36. The van der Waals surface area contributed by atoms with Crippen LogP contribution in [-0.2, 0) is 0 Å². The molecule has 0 unspecified atom stereocenters. The van der Waals surface area contributed by atoms with E-state index in [1.807, 2.05) is 17.0 Å². The van der Waals surface area contributed by atoms with Crippen molar-refractivity contribution in [2.75, 3.05) is 32.5 Å². The minimum Gasteiger partial charge on any atom is -0.474 e. The highest BCUT2D eigenvalue weighted by atomic mass is 16.5. The quantitative estimate of drug-likeness (QED) is 0.908. The standard InChI is InChI=1S/C19H30N4O2/c1-22(2)16-6-5-12-23(13-11-16)19(24)21-15-9-10-18(20-14-15)25-17-7-3-4-8-17/h9-10,14,16-17H,3-8,11-13H2,1-2H3,(H,21,24)/t16-/m0/s1. The van der Waals surface area contributed by atoms with Gasteiger partial charge in [0.25, 0.3) is 0 Å². The summed E-state index contributed by atoms with van der Waals surface area (Å²) in [6, 6.07) is 4.24. The number of amides is 2. The van der Waals surface area contributed by atoms with Crippen LogP contribution >= 0.6 is 0 Å². The first kappa shape index (κ1) is 18.0. The molecule has 1 aromatic rings. The van der Waals surface area contributed by atoms with Crippen LogP contribution in [0.25, 0.3) is 0 Å². The van der Waals surface area contributed by atoms with Gasteiger partial charge in [-0.1, -0.05) is 0 Å². The van der Waals surface area contributed by atoms with Crippen LogP contribution < -0.4 is 10.1 Å². The van der Waals surface area contributed by atoms with Gasteiger partial charge in [-0.15, -0.1) is 0 Å². The van der Waals surface area contributed by atoms with E-state index < -0.39 is 0 Å². The molecule has 2 aliphatic rings. The van der Waals surface area contributed by atoms with Crippen molar-refractivity contribution in [2.45, 2.75) is 57.1 Å². The molecule has 6 nitrogen and oxygen atoms in total. The SMILES string of the molecule is CN(C)[C@H]1CCCN(C(=O)Nc2ccc(OC3CCCC3)nc2)CC1. The van der Waals surface area contributed by atoms with E-state index in [2.05, 4.69) is 29.3 Å². The maximum Gasteiger partial charge on any atom is 0.321 e. The molecule has 2 heterocycles.